The van der Waals surface area contributed by atoms with Crippen molar-refractivity contribution in [3.05, 3.63) is 64.1 Å². The molecule has 2 aliphatic heterocycles. The first-order chi connectivity index (χ1) is 21.7. The molecule has 2 atom stereocenters. The molecule has 4 heterocycles. The monoisotopic (exact) mass is 738 g/mol. The number of allylic oxidation sites excluding steroid dienone is 1. The van der Waals surface area contributed by atoms with Crippen LogP contribution in [0, 0.1) is 0 Å². The number of aromatic amines is 1. The van der Waals surface area contributed by atoms with Gasteiger partial charge in [-0.15, -0.1) is 28.0 Å². The van der Waals surface area contributed by atoms with Crippen LogP contribution >= 0.6 is 58.5 Å². The number of halogens is 5. The van der Waals surface area contributed by atoms with Crippen LogP contribution in [-0.2, 0) is 19.2 Å². The summed E-state index contributed by atoms with van der Waals surface area (Å²) in [6, 6.07) is 5.79. The number of hydrogen-bond acceptors (Lipinski definition) is 10. The van der Waals surface area contributed by atoms with E-state index < -0.39 is 35.4 Å². The quantitative estimate of drug-likeness (QED) is 0.0932. The topological polar surface area (TPSA) is 196 Å². The molecular weight excluding hydrogens is 718 g/mol. The highest BCUT2D eigenvalue weighted by molar-refractivity contribution is 8.00. The van der Waals surface area contributed by atoms with Gasteiger partial charge in [0.25, 0.3) is 11.6 Å². The number of nitrogen functional groups attached to an aromatic ring is 1. The third-order valence-corrected chi connectivity index (χ3v) is 9.87. The molecule has 6 N–H and O–H groups in total. The van der Waals surface area contributed by atoms with Crippen molar-refractivity contribution < 1.29 is 47.1 Å². The van der Waals surface area contributed by atoms with Crippen LogP contribution in [0.4, 0.5) is 19.0 Å². The number of carboxylic acid groups (broad SMARTS) is 2. The number of benzene rings is 1. The van der Waals surface area contributed by atoms with E-state index in [0.29, 0.717) is 48.6 Å². The molecule has 46 heavy (non-hydrogen) atoms. The van der Waals surface area contributed by atoms with E-state index in [9.17, 15) is 32.7 Å². The Morgan fingerprint density at radius 3 is 2.63 bits per heavy atom. The second-order valence-electron chi connectivity index (χ2n) is 9.06. The number of hydrogen-bond donors (Lipinski definition) is 5. The molecule has 21 heteroatoms. The number of anilines is 1. The minimum Gasteiger partial charge on any atom is -0.477 e. The van der Waals surface area contributed by atoms with Crippen LogP contribution in [0.5, 0.6) is 0 Å². The summed E-state index contributed by atoms with van der Waals surface area (Å²) in [6.45, 7) is 0. The van der Waals surface area contributed by atoms with Crippen LogP contribution in [0.15, 0.2) is 64.1 Å². The molecule has 0 aliphatic carbocycles. The van der Waals surface area contributed by atoms with Gasteiger partial charge in [0.05, 0.1) is 16.8 Å². The van der Waals surface area contributed by atoms with Crippen molar-refractivity contribution in [1.29, 1.82) is 0 Å². The van der Waals surface area contributed by atoms with Crippen LogP contribution in [-0.4, -0.2) is 88.8 Å². The van der Waals surface area contributed by atoms with Gasteiger partial charge in [0.1, 0.15) is 17.1 Å². The fraction of sp³-hybridized carbons (Fsp3) is 0.240. The largest absolute Gasteiger partial charge is 0.490 e. The second kappa shape index (κ2) is 14.8. The van der Waals surface area contributed by atoms with Crippen molar-refractivity contribution in [3.8, 4) is 0 Å². The number of β-lactam (4-membered cyclic amide) rings is 1. The number of H-pyrrole nitrogens is 1. The minimum atomic E-state index is -5.08. The number of carbonyl (C=O) groups is 4. The van der Waals surface area contributed by atoms with Crippen molar-refractivity contribution >= 4 is 93.7 Å². The molecule has 2 aromatic heterocycles. The number of aromatic nitrogens is 4. The molecule has 0 radical (unpaired) electrons. The lowest BCUT2D eigenvalue weighted by Gasteiger charge is -2.49. The predicted molar refractivity (Wildman–Crippen MR) is 164 cm³/mol. The Morgan fingerprint density at radius 1 is 1.24 bits per heavy atom. The SMILES string of the molecule is Nc1cc2nc[nH][n+]2c(SC/C=C/C2=C(C(=O)O)N3C(=O)[C@@H](NC(=O)CSc4cc(Cl)ccc4Cl)C3SC2)n1.O=C(O)C(F)(F)F. The summed E-state index contributed by atoms with van der Waals surface area (Å²) in [5, 5.41) is 23.8. The van der Waals surface area contributed by atoms with Gasteiger partial charge in [0.2, 0.25) is 11.7 Å². The van der Waals surface area contributed by atoms with Crippen LogP contribution in [0.25, 0.3) is 5.65 Å². The van der Waals surface area contributed by atoms with Crippen molar-refractivity contribution in [2.24, 2.45) is 0 Å². The lowest BCUT2D eigenvalue weighted by molar-refractivity contribution is -0.622. The van der Waals surface area contributed by atoms with E-state index in [4.69, 9.17) is 38.8 Å². The number of rotatable bonds is 9. The summed E-state index contributed by atoms with van der Waals surface area (Å²) in [5.74, 6) is -3.58. The summed E-state index contributed by atoms with van der Waals surface area (Å²) < 4.78 is 33.4. The molecule has 3 aromatic rings. The van der Waals surface area contributed by atoms with Crippen LogP contribution in [0.2, 0.25) is 10.0 Å². The maximum atomic E-state index is 12.9. The first kappa shape index (κ1) is 35.2. The number of alkyl halides is 3. The van der Waals surface area contributed by atoms with E-state index in [-0.39, 0.29) is 17.4 Å². The van der Waals surface area contributed by atoms with Gasteiger partial charge in [-0.05, 0) is 35.5 Å². The van der Waals surface area contributed by atoms with E-state index in [1.165, 1.54) is 46.5 Å². The van der Waals surface area contributed by atoms with E-state index in [0.717, 1.165) is 0 Å². The highest BCUT2D eigenvalue weighted by atomic mass is 35.5. The van der Waals surface area contributed by atoms with Gasteiger partial charge in [-0.3, -0.25) is 14.5 Å². The summed E-state index contributed by atoms with van der Waals surface area (Å²) in [4.78, 5) is 56.8. The van der Waals surface area contributed by atoms with E-state index >= 15 is 0 Å². The van der Waals surface area contributed by atoms with Crippen molar-refractivity contribution in [2.75, 3.05) is 23.0 Å². The fourth-order valence-corrected chi connectivity index (χ4v) is 7.39. The van der Waals surface area contributed by atoms with Gasteiger partial charge >= 0.3 is 23.3 Å². The molecule has 1 fully saturated rings. The number of fused-ring (bicyclic) bond motifs is 2. The van der Waals surface area contributed by atoms with Crippen LogP contribution < -0.4 is 15.6 Å². The molecule has 0 saturated carbocycles. The number of carboxylic acids is 2. The Labute approximate surface area is 279 Å². The van der Waals surface area contributed by atoms with E-state index in [2.05, 4.69) is 20.4 Å². The normalized spacial score (nSPS) is 17.8. The Hall–Kier alpha value is -3.65. The molecule has 244 valence electrons. The maximum Gasteiger partial charge on any atom is 0.490 e. The molecular formula is C25H21Cl2F3N7O6S3+. The molecule has 1 aromatic carbocycles. The van der Waals surface area contributed by atoms with Gasteiger partial charge < -0.3 is 21.3 Å². The Balaban J connectivity index is 0.000000617. The molecule has 1 saturated heterocycles. The number of carbonyl (C=O) groups excluding carboxylic acids is 2. The number of thioether (sulfide) groups is 3. The van der Waals surface area contributed by atoms with Crippen LogP contribution in [0.3, 0.4) is 0 Å². The summed E-state index contributed by atoms with van der Waals surface area (Å²) in [5.41, 5.74) is 6.90. The lowest BCUT2D eigenvalue weighted by atomic mass is 10.0. The van der Waals surface area contributed by atoms with Crippen molar-refractivity contribution in [2.45, 2.75) is 27.6 Å². The van der Waals surface area contributed by atoms with Gasteiger partial charge in [0, 0.05) is 21.4 Å². The summed E-state index contributed by atoms with van der Waals surface area (Å²) in [7, 11) is 0. The van der Waals surface area contributed by atoms with Crippen molar-refractivity contribution in [3.63, 3.8) is 0 Å². The van der Waals surface area contributed by atoms with Gasteiger partial charge in [-0.2, -0.15) is 13.2 Å². The summed E-state index contributed by atoms with van der Waals surface area (Å²) in [6.07, 6.45) is -0.0476. The highest BCUT2D eigenvalue weighted by Crippen LogP contribution is 2.41. The molecule has 2 amide bonds. The summed E-state index contributed by atoms with van der Waals surface area (Å²) >= 11 is 16.1. The first-order valence-corrected chi connectivity index (χ1v) is 16.3. The zero-order chi connectivity index (χ0) is 33.8. The Morgan fingerprint density at radius 2 is 1.96 bits per heavy atom. The fourth-order valence-electron chi connectivity index (χ4n) is 3.98. The lowest BCUT2D eigenvalue weighted by Crippen LogP contribution is -2.70. The highest BCUT2D eigenvalue weighted by Gasteiger charge is 2.53. The van der Waals surface area contributed by atoms with Crippen molar-refractivity contribution in [1.82, 2.24) is 25.3 Å². The third-order valence-electron chi connectivity index (χ3n) is 5.94. The zero-order valence-corrected chi connectivity index (χ0v) is 26.8. The maximum absolute atomic E-state index is 12.9. The average molecular weight is 740 g/mol. The second-order valence-corrected chi connectivity index (χ2v) is 13.0. The predicted octanol–water partition coefficient (Wildman–Crippen LogP) is 3.24. The number of amides is 2. The standard InChI is InChI=1S/C23H19Cl2N7O4S3.C2HF3O2/c24-12-3-4-13(25)14(6-12)38-9-17(33)30-18-20(34)31-19(22(35)36)11(8-39-21(18)31)2-1-5-37-23-29-15(26)7-16-27-10-28-32(16)23;3-2(4,5)1(6)7/h1-4,6-7,10,18,21H,5,8-9H2,(H4,26,27,28,30,33,35,36);(H,6,7)/p+1/b2-1+;/t18-,21?;/m1./s1. The molecule has 0 bridgehead atoms. The smallest absolute Gasteiger partial charge is 0.477 e. The third kappa shape index (κ3) is 8.38. The van der Waals surface area contributed by atoms with Crippen LogP contribution in [0.1, 0.15) is 0 Å². The molecule has 0 spiro atoms. The number of nitrogens with two attached hydrogens (primary N) is 1. The minimum absolute atomic E-state index is 0.0274. The molecule has 5 rings (SSSR count). The van der Waals surface area contributed by atoms with E-state index in [1.54, 1.807) is 40.9 Å². The van der Waals surface area contributed by atoms with Gasteiger partial charge in [-0.25, -0.2) is 14.7 Å². The Bertz CT molecular complexity index is 1760. The number of nitrogens with one attached hydrogen (secondary N) is 2. The van der Waals surface area contributed by atoms with Gasteiger partial charge in [0.15, 0.2) is 6.33 Å². The number of nitrogens with zero attached hydrogens (tertiary/aromatic N) is 4. The average Bonchev–Trinajstić information content (AvgIpc) is 3.46. The number of aliphatic carboxylic acids is 2. The van der Waals surface area contributed by atoms with E-state index in [1.807, 2.05) is 0 Å². The molecule has 1 unspecified atom stereocenters. The van der Waals surface area contributed by atoms with Gasteiger partial charge in [-0.1, -0.05) is 45.3 Å². The Kier molecular flexibility index (Phi) is 11.4. The first-order valence-electron chi connectivity index (χ1n) is 12.6. The molecule has 13 nitrogen and oxygen atoms in total. The zero-order valence-electron chi connectivity index (χ0n) is 22.8. The molecule has 2 aliphatic rings.